The Kier molecular flexibility index (Phi) is 3.62. The monoisotopic (exact) mass is 188 g/mol. The zero-order chi connectivity index (χ0) is 8.97. The van der Waals surface area contributed by atoms with Gasteiger partial charge in [-0.1, -0.05) is 0 Å². The third-order valence-electron chi connectivity index (χ3n) is 1.71. The van der Waals surface area contributed by atoms with Gasteiger partial charge in [0.15, 0.2) is 0 Å². The van der Waals surface area contributed by atoms with Gasteiger partial charge >= 0.3 is 0 Å². The van der Waals surface area contributed by atoms with Crippen LogP contribution in [0.3, 0.4) is 0 Å². The summed E-state index contributed by atoms with van der Waals surface area (Å²) in [4.78, 5) is 4.83. The Morgan fingerprint density at radius 1 is 1.75 bits per heavy atom. The van der Waals surface area contributed by atoms with Gasteiger partial charge in [-0.3, -0.25) is 0 Å². The van der Waals surface area contributed by atoms with Gasteiger partial charge < -0.3 is 5.32 Å². The van der Waals surface area contributed by atoms with Gasteiger partial charge in [0, 0.05) is 18.7 Å². The van der Waals surface area contributed by atoms with Gasteiger partial charge in [-0.05, 0) is 14.0 Å². The van der Waals surface area contributed by atoms with Crippen molar-refractivity contribution in [3.8, 4) is 0 Å². The molecule has 0 fully saturated rings. The summed E-state index contributed by atoms with van der Waals surface area (Å²) in [6.45, 7) is 1.68. The van der Waals surface area contributed by atoms with Gasteiger partial charge in [-0.15, -0.1) is 11.3 Å². The lowest BCUT2D eigenvalue weighted by Gasteiger charge is -2.05. The van der Waals surface area contributed by atoms with Crippen molar-refractivity contribution in [1.29, 1.82) is 0 Å². The minimum absolute atomic E-state index is 0.397. The number of hydrogen-bond donors (Lipinski definition) is 1. The molecule has 1 atom stereocenters. The van der Waals surface area contributed by atoms with Crippen molar-refractivity contribution in [3.63, 3.8) is 0 Å². The molecule has 1 aromatic heterocycles. The molecule has 1 rings (SSSR count). The number of alkyl halides is 1. The molecule has 4 heteroatoms. The van der Waals surface area contributed by atoms with Gasteiger partial charge in [-0.25, -0.2) is 9.37 Å². The molecule has 1 aromatic rings. The van der Waals surface area contributed by atoms with Crippen LogP contribution >= 0.6 is 11.3 Å². The summed E-state index contributed by atoms with van der Waals surface area (Å²) >= 11 is 1.45. The van der Waals surface area contributed by atoms with E-state index in [0.29, 0.717) is 10.9 Å². The molecule has 0 bridgehead atoms. The second-order valence-corrected chi connectivity index (χ2v) is 3.95. The Morgan fingerprint density at radius 2 is 2.50 bits per heavy atom. The first kappa shape index (κ1) is 9.61. The quantitative estimate of drug-likeness (QED) is 0.779. The molecule has 2 nitrogen and oxygen atoms in total. The molecule has 68 valence electrons. The third kappa shape index (κ3) is 2.53. The predicted molar refractivity (Wildman–Crippen MR) is 49.2 cm³/mol. The van der Waals surface area contributed by atoms with Crippen molar-refractivity contribution in [2.75, 3.05) is 7.05 Å². The molecule has 0 aliphatic carbocycles. The first-order chi connectivity index (χ1) is 5.76. The van der Waals surface area contributed by atoms with Gasteiger partial charge in [0.25, 0.3) is 0 Å². The van der Waals surface area contributed by atoms with Crippen LogP contribution in [0.5, 0.6) is 0 Å². The zero-order valence-electron chi connectivity index (χ0n) is 7.30. The summed E-state index contributed by atoms with van der Waals surface area (Å²) in [5.41, 5.74) is 0. The van der Waals surface area contributed by atoms with Crippen LogP contribution in [-0.4, -0.2) is 18.1 Å². The van der Waals surface area contributed by atoms with E-state index in [4.69, 9.17) is 0 Å². The molecule has 1 N–H and O–H groups in total. The second-order valence-electron chi connectivity index (χ2n) is 2.75. The second kappa shape index (κ2) is 4.52. The molecule has 0 aliphatic heterocycles. The number of halogens is 1. The number of aromatic nitrogens is 1. The summed E-state index contributed by atoms with van der Waals surface area (Å²) in [7, 11) is 1.91. The SMILES string of the molecule is CNC(C)Cc1ncc(CF)s1. The van der Waals surface area contributed by atoms with Gasteiger partial charge in [0.1, 0.15) is 6.67 Å². The molecule has 1 heterocycles. The van der Waals surface area contributed by atoms with Crippen molar-refractivity contribution >= 4 is 11.3 Å². The number of likely N-dealkylation sites (N-methyl/N-ethyl adjacent to an activating group) is 1. The highest BCUT2D eigenvalue weighted by Gasteiger charge is 2.05. The molecule has 12 heavy (non-hydrogen) atoms. The topological polar surface area (TPSA) is 24.9 Å². The number of hydrogen-bond acceptors (Lipinski definition) is 3. The smallest absolute Gasteiger partial charge is 0.125 e. The van der Waals surface area contributed by atoms with Crippen LogP contribution < -0.4 is 5.32 Å². The van der Waals surface area contributed by atoms with E-state index < -0.39 is 6.67 Å². The summed E-state index contributed by atoms with van der Waals surface area (Å²) in [6, 6.07) is 0.406. The van der Waals surface area contributed by atoms with Crippen molar-refractivity contribution in [1.82, 2.24) is 10.3 Å². The van der Waals surface area contributed by atoms with Crippen LogP contribution in [-0.2, 0) is 13.1 Å². The standard InChI is InChI=1S/C8H13FN2S/c1-6(10-2)3-8-11-5-7(4-9)12-8/h5-6,10H,3-4H2,1-2H3. The summed E-state index contributed by atoms with van der Waals surface area (Å²) in [6.07, 6.45) is 2.49. The van der Waals surface area contributed by atoms with Gasteiger partial charge in [0.2, 0.25) is 0 Å². The number of nitrogens with one attached hydrogen (secondary N) is 1. The minimum Gasteiger partial charge on any atom is -0.317 e. The molecular weight excluding hydrogens is 175 g/mol. The molecule has 0 aromatic carbocycles. The maximum atomic E-state index is 12.1. The Hall–Kier alpha value is -0.480. The average Bonchev–Trinajstić information content (AvgIpc) is 2.52. The lowest BCUT2D eigenvalue weighted by atomic mass is 10.2. The van der Waals surface area contributed by atoms with Crippen molar-refractivity contribution in [2.45, 2.75) is 26.1 Å². The first-order valence-electron chi connectivity index (χ1n) is 3.93. The maximum absolute atomic E-state index is 12.1. The molecule has 0 aliphatic rings. The highest BCUT2D eigenvalue weighted by Crippen LogP contribution is 2.15. The highest BCUT2D eigenvalue weighted by atomic mass is 32.1. The van der Waals surface area contributed by atoms with Gasteiger partial charge in [0.05, 0.1) is 9.88 Å². The molecule has 1 unspecified atom stereocenters. The van der Waals surface area contributed by atoms with E-state index in [1.54, 1.807) is 6.20 Å². The average molecular weight is 188 g/mol. The van der Waals surface area contributed by atoms with Crippen LogP contribution in [0.2, 0.25) is 0 Å². The van der Waals surface area contributed by atoms with Crippen molar-refractivity contribution in [2.24, 2.45) is 0 Å². The minimum atomic E-state index is -0.397. The lowest BCUT2D eigenvalue weighted by molar-refractivity contribution is 0.491. The summed E-state index contributed by atoms with van der Waals surface area (Å²) in [5.74, 6) is 0. The third-order valence-corrected chi connectivity index (χ3v) is 2.69. The summed E-state index contributed by atoms with van der Waals surface area (Å²) in [5, 5.41) is 4.12. The molecule has 0 amide bonds. The van der Waals surface area contributed by atoms with E-state index in [9.17, 15) is 4.39 Å². The Balaban J connectivity index is 2.52. The Labute approximate surface area is 75.8 Å². The lowest BCUT2D eigenvalue weighted by Crippen LogP contribution is -2.23. The molecule has 0 spiro atoms. The largest absolute Gasteiger partial charge is 0.317 e. The molecule has 0 saturated heterocycles. The van der Waals surface area contributed by atoms with Crippen LogP contribution in [0.1, 0.15) is 16.8 Å². The zero-order valence-corrected chi connectivity index (χ0v) is 8.12. The predicted octanol–water partition coefficient (Wildman–Crippen LogP) is 1.76. The van der Waals surface area contributed by atoms with E-state index in [2.05, 4.69) is 17.2 Å². The fraction of sp³-hybridized carbons (Fsp3) is 0.625. The Bertz CT molecular complexity index is 237. The van der Waals surface area contributed by atoms with Gasteiger partial charge in [-0.2, -0.15) is 0 Å². The normalized spacial score (nSPS) is 13.2. The van der Waals surface area contributed by atoms with Crippen molar-refractivity contribution in [3.05, 3.63) is 16.1 Å². The molecule has 0 saturated carbocycles. The summed E-state index contributed by atoms with van der Waals surface area (Å²) < 4.78 is 12.1. The molecular formula is C8H13FN2S. The van der Waals surface area contributed by atoms with E-state index in [0.717, 1.165) is 11.4 Å². The molecule has 0 radical (unpaired) electrons. The van der Waals surface area contributed by atoms with E-state index >= 15 is 0 Å². The van der Waals surface area contributed by atoms with Crippen LogP contribution in [0.15, 0.2) is 6.20 Å². The highest BCUT2D eigenvalue weighted by molar-refractivity contribution is 7.11. The Morgan fingerprint density at radius 3 is 3.00 bits per heavy atom. The van der Waals surface area contributed by atoms with Crippen molar-refractivity contribution < 1.29 is 4.39 Å². The maximum Gasteiger partial charge on any atom is 0.125 e. The van der Waals surface area contributed by atoms with E-state index in [1.807, 2.05) is 7.05 Å². The van der Waals surface area contributed by atoms with Crippen LogP contribution in [0.4, 0.5) is 4.39 Å². The first-order valence-corrected chi connectivity index (χ1v) is 4.74. The number of nitrogens with zero attached hydrogens (tertiary/aromatic N) is 1. The fourth-order valence-corrected chi connectivity index (χ4v) is 1.77. The van der Waals surface area contributed by atoms with Crippen LogP contribution in [0, 0.1) is 0 Å². The number of thiazole rings is 1. The van der Waals surface area contributed by atoms with E-state index in [-0.39, 0.29) is 0 Å². The number of rotatable bonds is 4. The van der Waals surface area contributed by atoms with Crippen LogP contribution in [0.25, 0.3) is 0 Å². The van der Waals surface area contributed by atoms with E-state index in [1.165, 1.54) is 11.3 Å². The fourth-order valence-electron chi connectivity index (χ4n) is 0.868.